The summed E-state index contributed by atoms with van der Waals surface area (Å²) >= 11 is 0. The van der Waals surface area contributed by atoms with Crippen LogP contribution in [-0.2, 0) is 6.18 Å². The van der Waals surface area contributed by atoms with Crippen LogP contribution in [0.5, 0.6) is 0 Å². The molecule has 0 amide bonds. The molecule has 0 aliphatic rings. The Morgan fingerprint density at radius 1 is 1.14 bits per heavy atom. The molecular weight excluding hydrogens is 208 g/mol. The second-order valence-electron chi connectivity index (χ2n) is 2.38. The summed E-state index contributed by atoms with van der Waals surface area (Å²) in [5.41, 5.74) is -1.01. The Hall–Kier alpha value is -0.520. The van der Waals surface area contributed by atoms with Crippen LogP contribution in [0.2, 0.25) is 0 Å². The average Bonchev–Trinajstić information content (AvgIpc) is 2.03. The van der Waals surface area contributed by atoms with Gasteiger partial charge in [-0.05, 0) is 24.3 Å². The summed E-state index contributed by atoms with van der Waals surface area (Å²) in [6.07, 6.45) is -4.42. The fourth-order valence-electron chi connectivity index (χ4n) is 0.802. The number of hydrogen-bond donors (Lipinski definition) is 1. The molecule has 0 aliphatic carbocycles. The van der Waals surface area contributed by atoms with Gasteiger partial charge in [-0.25, -0.2) is 4.79 Å². The van der Waals surface area contributed by atoms with Crippen LogP contribution in [0.1, 0.15) is 15.9 Å². The van der Waals surface area contributed by atoms with Gasteiger partial charge in [0.15, 0.2) is 0 Å². The maximum atomic E-state index is 12.0. The zero-order valence-corrected chi connectivity index (χ0v) is 9.30. The minimum atomic E-state index is -4.42. The molecule has 1 aromatic carbocycles. The van der Waals surface area contributed by atoms with Crippen molar-refractivity contribution in [3.63, 3.8) is 0 Å². The van der Waals surface area contributed by atoms with Gasteiger partial charge in [0.25, 0.3) is 0 Å². The minimum absolute atomic E-state index is 0. The molecule has 0 saturated carbocycles. The molecule has 0 heterocycles. The SMILES string of the molecule is O=C(O)c1ccc(C(F)(F)F)cc1.[Na]. The largest absolute Gasteiger partial charge is 0.478 e. The summed E-state index contributed by atoms with van der Waals surface area (Å²) in [6, 6.07) is 3.32. The second-order valence-corrected chi connectivity index (χ2v) is 2.38. The fraction of sp³-hybridized carbons (Fsp3) is 0.125. The molecule has 1 N–H and O–H groups in total. The van der Waals surface area contributed by atoms with Crippen molar-refractivity contribution in [3.05, 3.63) is 35.4 Å². The number of carbonyl (C=O) groups is 1. The summed E-state index contributed by atoms with van der Waals surface area (Å²) in [5.74, 6) is -1.24. The van der Waals surface area contributed by atoms with E-state index < -0.39 is 17.7 Å². The van der Waals surface area contributed by atoms with E-state index in [-0.39, 0.29) is 35.1 Å². The topological polar surface area (TPSA) is 37.3 Å². The zero-order chi connectivity index (χ0) is 10.1. The van der Waals surface area contributed by atoms with Crippen molar-refractivity contribution >= 4 is 35.5 Å². The van der Waals surface area contributed by atoms with Gasteiger partial charge in [0.1, 0.15) is 0 Å². The van der Waals surface area contributed by atoms with Crippen LogP contribution in [0.25, 0.3) is 0 Å². The molecule has 71 valence electrons. The van der Waals surface area contributed by atoms with Gasteiger partial charge in [-0.1, -0.05) is 0 Å². The van der Waals surface area contributed by atoms with Gasteiger partial charge in [-0.15, -0.1) is 0 Å². The van der Waals surface area contributed by atoms with Gasteiger partial charge in [-0.3, -0.25) is 0 Å². The van der Waals surface area contributed by atoms with Crippen molar-refractivity contribution in [2.24, 2.45) is 0 Å². The third-order valence-electron chi connectivity index (χ3n) is 1.46. The van der Waals surface area contributed by atoms with Crippen LogP contribution in [0.15, 0.2) is 24.3 Å². The molecule has 0 unspecified atom stereocenters. The molecule has 2 nitrogen and oxygen atoms in total. The first kappa shape index (κ1) is 13.5. The summed E-state index contributed by atoms with van der Waals surface area (Å²) in [7, 11) is 0. The van der Waals surface area contributed by atoms with E-state index in [0.29, 0.717) is 0 Å². The van der Waals surface area contributed by atoms with E-state index in [1.807, 2.05) is 0 Å². The van der Waals surface area contributed by atoms with Gasteiger partial charge >= 0.3 is 12.1 Å². The Labute approximate surface area is 100 Å². The summed E-state index contributed by atoms with van der Waals surface area (Å²) in [6.45, 7) is 0. The van der Waals surface area contributed by atoms with Crippen molar-refractivity contribution in [3.8, 4) is 0 Å². The molecule has 0 aliphatic heterocycles. The van der Waals surface area contributed by atoms with Crippen LogP contribution in [0, 0.1) is 0 Å². The fourth-order valence-corrected chi connectivity index (χ4v) is 0.802. The monoisotopic (exact) mass is 213 g/mol. The van der Waals surface area contributed by atoms with Gasteiger partial charge in [0.2, 0.25) is 0 Å². The standard InChI is InChI=1S/C8H5F3O2.Na/c9-8(10,11)6-3-1-5(2-4-6)7(12)13;/h1-4H,(H,12,13);. The van der Waals surface area contributed by atoms with Crippen molar-refractivity contribution in [2.45, 2.75) is 6.18 Å². The molecule has 1 rings (SSSR count). The third-order valence-corrected chi connectivity index (χ3v) is 1.46. The van der Waals surface area contributed by atoms with E-state index in [1.54, 1.807) is 0 Å². The number of alkyl halides is 3. The molecule has 0 aromatic heterocycles. The van der Waals surface area contributed by atoms with E-state index in [0.717, 1.165) is 24.3 Å². The summed E-state index contributed by atoms with van der Waals surface area (Å²) in [5, 5.41) is 8.40. The molecular formula is C8H5F3NaO2. The molecule has 0 spiro atoms. The molecule has 0 bridgehead atoms. The predicted octanol–water partition coefficient (Wildman–Crippen LogP) is 2.02. The number of rotatable bonds is 1. The van der Waals surface area contributed by atoms with E-state index >= 15 is 0 Å². The van der Waals surface area contributed by atoms with Gasteiger partial charge in [0, 0.05) is 29.6 Å². The minimum Gasteiger partial charge on any atom is -0.478 e. The average molecular weight is 213 g/mol. The number of hydrogen-bond acceptors (Lipinski definition) is 1. The Balaban J connectivity index is 0.00000169. The van der Waals surface area contributed by atoms with E-state index in [2.05, 4.69) is 0 Å². The van der Waals surface area contributed by atoms with Crippen LogP contribution in [0.3, 0.4) is 0 Å². The Morgan fingerprint density at radius 2 is 1.57 bits per heavy atom. The number of benzene rings is 1. The number of carboxylic acid groups (broad SMARTS) is 1. The third kappa shape index (κ3) is 3.32. The Kier molecular flexibility index (Phi) is 4.64. The molecule has 0 saturated heterocycles. The maximum absolute atomic E-state index is 12.0. The van der Waals surface area contributed by atoms with E-state index in [9.17, 15) is 18.0 Å². The number of aromatic carboxylic acids is 1. The number of halogens is 3. The van der Waals surface area contributed by atoms with Crippen LogP contribution >= 0.6 is 0 Å². The first-order valence-corrected chi connectivity index (χ1v) is 3.32. The maximum Gasteiger partial charge on any atom is 0.416 e. The molecule has 1 aromatic rings. The van der Waals surface area contributed by atoms with Crippen molar-refractivity contribution in [1.82, 2.24) is 0 Å². The van der Waals surface area contributed by atoms with E-state index in [4.69, 9.17) is 5.11 Å². The van der Waals surface area contributed by atoms with Gasteiger partial charge in [0.05, 0.1) is 11.1 Å². The first-order chi connectivity index (χ1) is 5.91. The summed E-state index contributed by atoms with van der Waals surface area (Å²) < 4.78 is 35.9. The first-order valence-electron chi connectivity index (χ1n) is 3.32. The van der Waals surface area contributed by atoms with Crippen LogP contribution in [0.4, 0.5) is 13.2 Å². The Morgan fingerprint density at radius 3 is 1.86 bits per heavy atom. The molecule has 14 heavy (non-hydrogen) atoms. The molecule has 1 radical (unpaired) electrons. The number of carboxylic acids is 1. The van der Waals surface area contributed by atoms with Crippen molar-refractivity contribution in [1.29, 1.82) is 0 Å². The zero-order valence-electron chi connectivity index (χ0n) is 7.30. The van der Waals surface area contributed by atoms with Crippen LogP contribution in [-0.4, -0.2) is 40.6 Å². The van der Waals surface area contributed by atoms with Crippen molar-refractivity contribution in [2.75, 3.05) is 0 Å². The predicted molar refractivity (Wildman–Crippen MR) is 44.2 cm³/mol. The summed E-state index contributed by atoms with van der Waals surface area (Å²) in [4.78, 5) is 10.3. The van der Waals surface area contributed by atoms with E-state index in [1.165, 1.54) is 0 Å². The van der Waals surface area contributed by atoms with Crippen LogP contribution < -0.4 is 0 Å². The normalized spacial score (nSPS) is 10.5. The smallest absolute Gasteiger partial charge is 0.416 e. The van der Waals surface area contributed by atoms with Gasteiger partial charge < -0.3 is 5.11 Å². The second kappa shape index (κ2) is 4.82. The molecule has 0 atom stereocenters. The Bertz CT molecular complexity index is 318. The molecule has 6 heteroatoms. The van der Waals surface area contributed by atoms with Crippen molar-refractivity contribution < 1.29 is 23.1 Å². The molecule has 0 fully saturated rings. The quantitative estimate of drug-likeness (QED) is 0.724. The van der Waals surface area contributed by atoms with Gasteiger partial charge in [-0.2, -0.15) is 13.2 Å².